The molecule has 0 aromatic heterocycles. The third-order valence-corrected chi connectivity index (χ3v) is 4.22. The molecule has 0 atom stereocenters. The van der Waals surface area contributed by atoms with Crippen LogP contribution in [0, 0.1) is 0 Å². The van der Waals surface area contributed by atoms with E-state index in [0.29, 0.717) is 46.2 Å². The van der Waals surface area contributed by atoms with E-state index in [1.807, 2.05) is 12.1 Å². The Labute approximate surface area is 165 Å². The molecular formula is C22H38O5. The van der Waals surface area contributed by atoms with Crippen molar-refractivity contribution in [1.82, 2.24) is 0 Å². The highest BCUT2D eigenvalue weighted by molar-refractivity contribution is 5.27. The first-order chi connectivity index (χ1) is 13.4. The fourth-order valence-electron chi connectivity index (χ4n) is 2.69. The zero-order chi connectivity index (χ0) is 19.4. The van der Waals surface area contributed by atoms with Crippen molar-refractivity contribution in [2.24, 2.45) is 0 Å². The lowest BCUT2D eigenvalue weighted by Crippen LogP contribution is -2.13. The van der Waals surface area contributed by atoms with Crippen LogP contribution in [0.5, 0.6) is 5.75 Å². The van der Waals surface area contributed by atoms with Crippen LogP contribution < -0.4 is 4.74 Å². The summed E-state index contributed by atoms with van der Waals surface area (Å²) in [6.45, 7) is 5.84. The Kier molecular flexibility index (Phi) is 16.1. The van der Waals surface area contributed by atoms with E-state index in [-0.39, 0.29) is 6.61 Å². The van der Waals surface area contributed by atoms with Crippen LogP contribution in [0.25, 0.3) is 0 Å². The van der Waals surface area contributed by atoms with Crippen molar-refractivity contribution >= 4 is 0 Å². The van der Waals surface area contributed by atoms with E-state index < -0.39 is 0 Å². The average molecular weight is 388 g/mol. The van der Waals surface area contributed by atoms with Crippen LogP contribution in [0.3, 0.4) is 0 Å². The largest absolute Gasteiger partial charge is 0.491 e. The van der Waals surface area contributed by atoms with E-state index in [0.717, 1.165) is 12.2 Å². The van der Waals surface area contributed by atoms with Gasteiger partial charge in [0.15, 0.2) is 0 Å². The molecule has 27 heavy (non-hydrogen) atoms. The highest BCUT2D eigenvalue weighted by Crippen LogP contribution is 2.15. The molecular weight excluding hydrogens is 350 g/mol. The van der Waals surface area contributed by atoms with Crippen molar-refractivity contribution in [1.29, 1.82) is 0 Å². The predicted octanol–water partition coefficient (Wildman–Crippen LogP) is 4.01. The monoisotopic (exact) mass is 388 g/mol. The van der Waals surface area contributed by atoms with Crippen LogP contribution in [0.15, 0.2) is 24.3 Å². The zero-order valence-electron chi connectivity index (χ0n) is 17.0. The lowest BCUT2D eigenvalue weighted by Gasteiger charge is -2.09. The first kappa shape index (κ1) is 23.9. The fourth-order valence-corrected chi connectivity index (χ4v) is 2.69. The van der Waals surface area contributed by atoms with Gasteiger partial charge >= 0.3 is 0 Å². The summed E-state index contributed by atoms with van der Waals surface area (Å²) in [4.78, 5) is 0. The number of aliphatic hydroxyl groups excluding tert-OH is 1. The second-order valence-corrected chi connectivity index (χ2v) is 6.57. The number of hydrogen-bond acceptors (Lipinski definition) is 5. The zero-order valence-corrected chi connectivity index (χ0v) is 17.0. The van der Waals surface area contributed by atoms with Crippen molar-refractivity contribution in [2.75, 3.05) is 52.9 Å². The summed E-state index contributed by atoms with van der Waals surface area (Å²) in [5.74, 6) is 0.891. The summed E-state index contributed by atoms with van der Waals surface area (Å²) in [7, 11) is 0. The normalized spacial score (nSPS) is 11.0. The molecule has 5 nitrogen and oxygen atoms in total. The molecule has 0 aliphatic rings. The molecule has 5 heteroatoms. The van der Waals surface area contributed by atoms with Gasteiger partial charge < -0.3 is 24.1 Å². The number of unbranched alkanes of at least 4 members (excludes halogenated alkanes) is 5. The Hall–Kier alpha value is -1.14. The van der Waals surface area contributed by atoms with Gasteiger partial charge in [-0.25, -0.2) is 0 Å². The van der Waals surface area contributed by atoms with Crippen LogP contribution in [0.1, 0.15) is 51.0 Å². The minimum absolute atomic E-state index is 0.0466. The summed E-state index contributed by atoms with van der Waals surface area (Å²) in [5, 5.41) is 8.56. The van der Waals surface area contributed by atoms with Crippen molar-refractivity contribution in [2.45, 2.75) is 51.9 Å². The molecule has 0 unspecified atom stereocenters. The molecule has 0 amide bonds. The number of aryl methyl sites for hydroxylation is 1. The molecule has 0 heterocycles. The van der Waals surface area contributed by atoms with E-state index in [1.165, 1.54) is 44.1 Å². The van der Waals surface area contributed by atoms with Crippen LogP contribution >= 0.6 is 0 Å². The Bertz CT molecular complexity index is 421. The SMILES string of the molecule is CCCCCCCC[13c]1[13cH][13cH][13c](OCCOCCOCCOCCO)[13cH][13cH]1. The number of aliphatic hydroxyl groups is 1. The number of benzene rings is 1. The maximum atomic E-state index is 8.56. The van der Waals surface area contributed by atoms with Gasteiger partial charge in [0.2, 0.25) is 0 Å². The summed E-state index contributed by atoms with van der Waals surface area (Å²) < 4.78 is 21.6. The molecule has 0 saturated heterocycles. The van der Waals surface area contributed by atoms with Gasteiger partial charge in [-0.15, -0.1) is 0 Å². The predicted molar refractivity (Wildman–Crippen MR) is 109 cm³/mol. The van der Waals surface area contributed by atoms with E-state index in [1.54, 1.807) is 0 Å². The molecule has 0 bridgehead atoms. The maximum Gasteiger partial charge on any atom is 0.119 e. The highest BCUT2D eigenvalue weighted by Gasteiger charge is 1.98. The quantitative estimate of drug-likeness (QED) is 0.363. The van der Waals surface area contributed by atoms with E-state index in [2.05, 4.69) is 19.1 Å². The van der Waals surface area contributed by atoms with E-state index in [9.17, 15) is 0 Å². The first-order valence-electron chi connectivity index (χ1n) is 10.4. The lowest BCUT2D eigenvalue weighted by atomic mass is 10.1. The second-order valence-electron chi connectivity index (χ2n) is 6.57. The molecule has 0 saturated carbocycles. The number of hydrogen-bond donors (Lipinski definition) is 1. The van der Waals surface area contributed by atoms with Crippen LogP contribution in [-0.2, 0) is 20.6 Å². The topological polar surface area (TPSA) is 57.2 Å². The molecule has 1 rings (SSSR count). The smallest absolute Gasteiger partial charge is 0.119 e. The van der Waals surface area contributed by atoms with Gasteiger partial charge in [-0.05, 0) is 30.5 Å². The number of ether oxygens (including phenoxy) is 4. The Morgan fingerprint density at radius 3 is 1.85 bits per heavy atom. The maximum absolute atomic E-state index is 8.56. The molecule has 0 aliphatic heterocycles. The molecule has 0 radical (unpaired) electrons. The van der Waals surface area contributed by atoms with Crippen molar-refractivity contribution in [3.8, 4) is 5.75 Å². The van der Waals surface area contributed by atoms with Gasteiger partial charge in [-0.3, -0.25) is 0 Å². The number of rotatable bonds is 19. The van der Waals surface area contributed by atoms with E-state index in [4.69, 9.17) is 24.1 Å². The first-order valence-corrected chi connectivity index (χ1v) is 10.4. The van der Waals surface area contributed by atoms with Gasteiger partial charge in [-0.1, -0.05) is 51.2 Å². The van der Waals surface area contributed by atoms with E-state index >= 15 is 0 Å². The fraction of sp³-hybridized carbons (Fsp3) is 0.727. The van der Waals surface area contributed by atoms with Crippen LogP contribution in [-0.4, -0.2) is 58.0 Å². The molecule has 1 aromatic rings. The van der Waals surface area contributed by atoms with Gasteiger partial charge in [0, 0.05) is 0 Å². The Morgan fingerprint density at radius 1 is 0.667 bits per heavy atom. The third kappa shape index (κ3) is 14.6. The molecule has 1 aromatic carbocycles. The van der Waals surface area contributed by atoms with Crippen LogP contribution in [0.2, 0.25) is 0 Å². The summed E-state index contributed by atoms with van der Waals surface area (Å²) in [5.41, 5.74) is 1.38. The van der Waals surface area contributed by atoms with Crippen molar-refractivity contribution < 1.29 is 24.1 Å². The van der Waals surface area contributed by atoms with Gasteiger partial charge in [0.25, 0.3) is 0 Å². The lowest BCUT2D eigenvalue weighted by molar-refractivity contribution is 0.00361. The van der Waals surface area contributed by atoms with Gasteiger partial charge in [-0.2, -0.15) is 0 Å². The molecule has 0 fully saturated rings. The third-order valence-electron chi connectivity index (χ3n) is 4.22. The highest BCUT2D eigenvalue weighted by atomic mass is 16.6. The summed E-state index contributed by atoms with van der Waals surface area (Å²) >= 11 is 0. The standard InChI is InChI=1S/C22H38O5/c1-2-3-4-5-6-7-8-21-9-11-22(12-10-21)27-20-19-26-18-17-25-16-15-24-14-13-23/h9-12,23H,2-8,13-20H2,1H3/i9+1,10+1,11+1,12+1,21+1,22+1. The van der Waals surface area contributed by atoms with Crippen LogP contribution in [0.4, 0.5) is 0 Å². The van der Waals surface area contributed by atoms with Crippen molar-refractivity contribution in [3.63, 3.8) is 0 Å². The molecule has 0 aliphatic carbocycles. The molecule has 1 N–H and O–H groups in total. The second kappa shape index (κ2) is 18.2. The van der Waals surface area contributed by atoms with Gasteiger partial charge in [0.05, 0.1) is 46.2 Å². The van der Waals surface area contributed by atoms with Crippen molar-refractivity contribution in [3.05, 3.63) is 29.8 Å². The Morgan fingerprint density at radius 2 is 1.22 bits per heavy atom. The average Bonchev–Trinajstić information content (AvgIpc) is 2.70. The molecule has 0 spiro atoms. The summed E-state index contributed by atoms with van der Waals surface area (Å²) in [6, 6.07) is 8.41. The minimum atomic E-state index is 0.0466. The minimum Gasteiger partial charge on any atom is -0.491 e. The summed E-state index contributed by atoms with van der Waals surface area (Å²) in [6.07, 6.45) is 9.15. The van der Waals surface area contributed by atoms with Gasteiger partial charge in [0.1, 0.15) is 12.4 Å². The molecule has 156 valence electrons. The Balaban J connectivity index is 1.94.